The van der Waals surface area contributed by atoms with E-state index in [1.165, 1.54) is 38.6 Å². The van der Waals surface area contributed by atoms with E-state index in [-0.39, 0.29) is 0 Å². The second kappa shape index (κ2) is 5.34. The monoisotopic (exact) mass is 250 g/mol. The summed E-state index contributed by atoms with van der Waals surface area (Å²) in [6.45, 7) is 14.4. The van der Waals surface area contributed by atoms with Crippen molar-refractivity contribution in [2.45, 2.75) is 64.5 Å². The van der Waals surface area contributed by atoms with Crippen molar-refractivity contribution in [3.05, 3.63) is 12.7 Å². The van der Waals surface area contributed by atoms with E-state index in [2.05, 4.69) is 43.6 Å². The van der Waals surface area contributed by atoms with Gasteiger partial charge in [-0.1, -0.05) is 46.1 Å². The van der Waals surface area contributed by atoms with Gasteiger partial charge < -0.3 is 5.32 Å². The molecule has 18 heavy (non-hydrogen) atoms. The van der Waals surface area contributed by atoms with Crippen molar-refractivity contribution in [1.29, 1.82) is 0 Å². The first kappa shape index (κ1) is 14.1. The zero-order valence-corrected chi connectivity index (χ0v) is 12.5. The van der Waals surface area contributed by atoms with Crippen molar-refractivity contribution < 1.29 is 0 Å². The van der Waals surface area contributed by atoms with E-state index in [4.69, 9.17) is 0 Å². The number of rotatable bonds is 2. The van der Waals surface area contributed by atoms with E-state index in [0.29, 0.717) is 17.0 Å². The Kier molecular flexibility index (Phi) is 4.18. The van der Waals surface area contributed by atoms with Gasteiger partial charge in [0.25, 0.3) is 0 Å². The normalized spacial score (nSPS) is 29.4. The lowest BCUT2D eigenvalue weighted by atomic mass is 9.76. The van der Waals surface area contributed by atoms with Crippen molar-refractivity contribution >= 4 is 0 Å². The quantitative estimate of drug-likeness (QED) is 0.757. The van der Waals surface area contributed by atoms with E-state index in [0.717, 1.165) is 13.1 Å². The summed E-state index contributed by atoms with van der Waals surface area (Å²) >= 11 is 0. The molecule has 2 aliphatic rings. The van der Waals surface area contributed by atoms with Crippen LogP contribution in [0.25, 0.3) is 0 Å². The second-order valence-electron chi connectivity index (χ2n) is 7.32. The molecule has 1 N–H and O–H groups in total. The summed E-state index contributed by atoms with van der Waals surface area (Å²) in [5.41, 5.74) is 0.745. The second-order valence-corrected chi connectivity index (χ2v) is 7.32. The van der Waals surface area contributed by atoms with Crippen LogP contribution in [-0.4, -0.2) is 36.1 Å². The van der Waals surface area contributed by atoms with Crippen LogP contribution in [0.3, 0.4) is 0 Å². The fourth-order valence-electron chi connectivity index (χ4n) is 3.77. The molecule has 2 rings (SSSR count). The van der Waals surface area contributed by atoms with Crippen LogP contribution in [0.2, 0.25) is 0 Å². The average Bonchev–Trinajstić information content (AvgIpc) is 2.29. The molecule has 2 nitrogen and oxygen atoms in total. The van der Waals surface area contributed by atoms with Crippen molar-refractivity contribution in [3.8, 4) is 0 Å². The van der Waals surface area contributed by atoms with Crippen molar-refractivity contribution in [1.82, 2.24) is 10.2 Å². The highest BCUT2D eigenvalue weighted by Crippen LogP contribution is 2.35. The Morgan fingerprint density at radius 3 is 2.50 bits per heavy atom. The lowest BCUT2D eigenvalue weighted by Gasteiger charge is -2.53. The highest BCUT2D eigenvalue weighted by molar-refractivity contribution is 5.03. The topological polar surface area (TPSA) is 15.3 Å². The highest BCUT2D eigenvalue weighted by Gasteiger charge is 2.42. The Bertz CT molecular complexity index is 284. The third-order valence-corrected chi connectivity index (χ3v) is 4.79. The fraction of sp³-hybridized carbons (Fsp3) is 0.875. The molecule has 104 valence electrons. The third kappa shape index (κ3) is 2.97. The van der Waals surface area contributed by atoms with Gasteiger partial charge in [-0.2, -0.15) is 0 Å². The van der Waals surface area contributed by atoms with Crippen LogP contribution in [0.4, 0.5) is 0 Å². The van der Waals surface area contributed by atoms with Gasteiger partial charge in [0.15, 0.2) is 0 Å². The van der Waals surface area contributed by atoms with Crippen LogP contribution in [0.5, 0.6) is 0 Å². The molecular weight excluding hydrogens is 220 g/mol. The summed E-state index contributed by atoms with van der Waals surface area (Å²) in [5, 5.41) is 3.90. The van der Waals surface area contributed by atoms with E-state index in [9.17, 15) is 0 Å². The summed E-state index contributed by atoms with van der Waals surface area (Å²) in [5.74, 6) is 0. The Morgan fingerprint density at radius 2 is 1.94 bits per heavy atom. The Balaban J connectivity index is 2.09. The number of nitrogens with zero attached hydrogens (tertiary/aromatic N) is 1. The number of piperazine rings is 1. The fourth-order valence-corrected chi connectivity index (χ4v) is 3.77. The SMILES string of the molecule is C=CCN1CC2(CCCCC2)NCC1C(C)(C)C. The molecule has 0 aromatic heterocycles. The predicted octanol–water partition coefficient (Wildman–Crippen LogP) is 3.20. The first-order valence-corrected chi connectivity index (χ1v) is 7.57. The number of hydrogen-bond donors (Lipinski definition) is 1. The van der Waals surface area contributed by atoms with Gasteiger partial charge in [-0.15, -0.1) is 6.58 Å². The predicted molar refractivity (Wildman–Crippen MR) is 78.8 cm³/mol. The van der Waals surface area contributed by atoms with Crippen LogP contribution in [0, 0.1) is 5.41 Å². The van der Waals surface area contributed by atoms with Gasteiger partial charge >= 0.3 is 0 Å². The Hall–Kier alpha value is -0.340. The first-order chi connectivity index (χ1) is 8.47. The van der Waals surface area contributed by atoms with Gasteiger partial charge in [-0.25, -0.2) is 0 Å². The van der Waals surface area contributed by atoms with Gasteiger partial charge in [0, 0.05) is 31.2 Å². The molecule has 1 spiro atoms. The maximum atomic E-state index is 3.94. The molecule has 1 unspecified atom stereocenters. The van der Waals surface area contributed by atoms with Crippen molar-refractivity contribution in [2.75, 3.05) is 19.6 Å². The van der Waals surface area contributed by atoms with Gasteiger partial charge in [0.2, 0.25) is 0 Å². The molecule has 1 aliphatic carbocycles. The largest absolute Gasteiger partial charge is 0.308 e. The zero-order chi connectivity index (χ0) is 13.2. The Labute approximate surface area is 113 Å². The molecule has 1 atom stereocenters. The zero-order valence-electron chi connectivity index (χ0n) is 12.5. The van der Waals surface area contributed by atoms with Gasteiger partial charge in [-0.3, -0.25) is 4.90 Å². The minimum Gasteiger partial charge on any atom is -0.308 e. The summed E-state index contributed by atoms with van der Waals surface area (Å²) in [6.07, 6.45) is 9.01. The molecule has 2 fully saturated rings. The van der Waals surface area contributed by atoms with Crippen LogP contribution in [0.1, 0.15) is 52.9 Å². The van der Waals surface area contributed by atoms with Crippen molar-refractivity contribution in [3.63, 3.8) is 0 Å². The van der Waals surface area contributed by atoms with Crippen LogP contribution >= 0.6 is 0 Å². The average molecular weight is 250 g/mol. The third-order valence-electron chi connectivity index (χ3n) is 4.79. The van der Waals surface area contributed by atoms with Gasteiger partial charge in [0.05, 0.1) is 0 Å². The minimum absolute atomic E-state index is 0.340. The maximum absolute atomic E-state index is 3.94. The number of hydrogen-bond acceptors (Lipinski definition) is 2. The van der Waals surface area contributed by atoms with E-state index in [1.807, 2.05) is 0 Å². The van der Waals surface area contributed by atoms with Gasteiger partial charge in [0.1, 0.15) is 0 Å². The molecule has 0 amide bonds. The molecule has 0 aromatic rings. The summed E-state index contributed by atoms with van der Waals surface area (Å²) in [7, 11) is 0. The summed E-state index contributed by atoms with van der Waals surface area (Å²) in [6, 6.07) is 0.628. The van der Waals surface area contributed by atoms with E-state index >= 15 is 0 Å². The molecule has 0 aromatic carbocycles. The molecule has 0 bridgehead atoms. The van der Waals surface area contributed by atoms with Crippen LogP contribution in [0.15, 0.2) is 12.7 Å². The molecule has 1 heterocycles. The highest BCUT2D eigenvalue weighted by atomic mass is 15.3. The summed E-state index contributed by atoms with van der Waals surface area (Å²) < 4.78 is 0. The lowest BCUT2D eigenvalue weighted by molar-refractivity contribution is 0.0163. The Morgan fingerprint density at radius 1 is 1.28 bits per heavy atom. The summed E-state index contributed by atoms with van der Waals surface area (Å²) in [4.78, 5) is 2.66. The van der Waals surface area contributed by atoms with Gasteiger partial charge in [-0.05, 0) is 18.3 Å². The van der Waals surface area contributed by atoms with Crippen molar-refractivity contribution in [2.24, 2.45) is 5.41 Å². The van der Waals surface area contributed by atoms with E-state index < -0.39 is 0 Å². The van der Waals surface area contributed by atoms with E-state index in [1.54, 1.807) is 0 Å². The smallest absolute Gasteiger partial charge is 0.0309 e. The molecule has 1 aliphatic heterocycles. The molecule has 0 radical (unpaired) electrons. The molecular formula is C16H30N2. The molecule has 2 heteroatoms. The molecule has 1 saturated carbocycles. The standard InChI is InChI=1S/C16H30N2/c1-5-11-18-13-16(9-7-6-8-10-16)17-12-14(18)15(2,3)4/h5,14,17H,1,6-13H2,2-4H3. The van der Waals surface area contributed by atoms with Crippen LogP contribution in [-0.2, 0) is 0 Å². The first-order valence-electron chi connectivity index (χ1n) is 7.57. The number of nitrogens with one attached hydrogen (secondary N) is 1. The maximum Gasteiger partial charge on any atom is 0.0309 e. The molecule has 1 saturated heterocycles. The lowest BCUT2D eigenvalue weighted by Crippen LogP contribution is -2.67. The minimum atomic E-state index is 0.340. The van der Waals surface area contributed by atoms with Crippen LogP contribution < -0.4 is 5.32 Å².